The van der Waals surface area contributed by atoms with Crippen LogP contribution in [0.15, 0.2) is 48.5 Å². The van der Waals surface area contributed by atoms with Crippen LogP contribution in [-0.4, -0.2) is 16.0 Å². The first-order valence-electron chi connectivity index (χ1n) is 5.35. The number of benzene rings is 2. The molecule has 4 heteroatoms. The predicted octanol–water partition coefficient (Wildman–Crippen LogP) is 2.45. The van der Waals surface area contributed by atoms with Gasteiger partial charge in [0.1, 0.15) is 6.10 Å². The van der Waals surface area contributed by atoms with Crippen molar-refractivity contribution in [2.24, 2.45) is 0 Å². The third kappa shape index (κ3) is 2.38. The smallest absolute Gasteiger partial charge is 0.195 e. The van der Waals surface area contributed by atoms with Gasteiger partial charge in [-0.1, -0.05) is 30.3 Å². The second kappa shape index (κ2) is 4.98. The van der Waals surface area contributed by atoms with Gasteiger partial charge in [-0.05, 0) is 23.8 Å². The van der Waals surface area contributed by atoms with E-state index in [9.17, 15) is 19.4 Å². The van der Waals surface area contributed by atoms with Crippen LogP contribution in [0.25, 0.3) is 0 Å². The van der Waals surface area contributed by atoms with E-state index in [1.807, 2.05) is 0 Å². The number of hydrogen-bond acceptors (Lipinski definition) is 3. The monoisotopic (exact) mass is 246 g/mol. The summed E-state index contributed by atoms with van der Waals surface area (Å²) in [6, 6.07) is 11.6. The fourth-order valence-electron chi connectivity index (χ4n) is 1.61. The molecule has 18 heavy (non-hydrogen) atoms. The Morgan fingerprint density at radius 1 is 1.11 bits per heavy atom. The third-order valence-electron chi connectivity index (χ3n) is 2.59. The average molecular weight is 246 g/mol. The number of carbonyl (C=O) groups excluding carboxylic acids is 1. The molecule has 2 aromatic rings. The Morgan fingerprint density at radius 3 is 2.39 bits per heavy atom. The van der Waals surface area contributed by atoms with Crippen LogP contribution >= 0.6 is 0 Å². The molecule has 0 aliphatic rings. The Labute approximate surface area is 103 Å². The summed E-state index contributed by atoms with van der Waals surface area (Å²) in [5, 5.41) is 19.1. The zero-order valence-electron chi connectivity index (χ0n) is 9.38. The Balaban J connectivity index is 2.29. The minimum absolute atomic E-state index is 0.0604. The number of carbonyl (C=O) groups is 1. The van der Waals surface area contributed by atoms with E-state index in [0.717, 1.165) is 12.1 Å². The van der Waals surface area contributed by atoms with Gasteiger partial charge in [0.05, 0.1) is 0 Å². The van der Waals surface area contributed by atoms with Crippen LogP contribution in [0.2, 0.25) is 0 Å². The summed E-state index contributed by atoms with van der Waals surface area (Å²) < 4.78 is 12.9. The van der Waals surface area contributed by atoms with Crippen LogP contribution < -0.4 is 0 Å². The lowest BCUT2D eigenvalue weighted by Crippen LogP contribution is -2.12. The van der Waals surface area contributed by atoms with Crippen molar-refractivity contribution in [3.05, 3.63) is 65.5 Å². The number of hydrogen-bond donors (Lipinski definition) is 2. The third-order valence-corrected chi connectivity index (χ3v) is 2.59. The van der Waals surface area contributed by atoms with E-state index in [1.54, 1.807) is 30.3 Å². The van der Waals surface area contributed by atoms with E-state index >= 15 is 0 Å². The van der Waals surface area contributed by atoms with Gasteiger partial charge in [0.15, 0.2) is 17.3 Å². The maximum Gasteiger partial charge on any atom is 0.195 e. The topological polar surface area (TPSA) is 57.5 Å². The first-order chi connectivity index (χ1) is 8.59. The highest BCUT2D eigenvalue weighted by atomic mass is 19.1. The van der Waals surface area contributed by atoms with Gasteiger partial charge in [-0.15, -0.1) is 0 Å². The SMILES string of the molecule is O=C(c1ccc(F)c(O)c1)C(O)c1ccccc1. The zero-order valence-corrected chi connectivity index (χ0v) is 9.38. The van der Waals surface area contributed by atoms with Crippen LogP contribution in [0.3, 0.4) is 0 Å². The number of rotatable bonds is 3. The van der Waals surface area contributed by atoms with Gasteiger partial charge < -0.3 is 10.2 Å². The van der Waals surface area contributed by atoms with Crippen LogP contribution in [0.5, 0.6) is 5.75 Å². The molecule has 0 saturated heterocycles. The lowest BCUT2D eigenvalue weighted by molar-refractivity contribution is 0.0747. The Bertz CT molecular complexity index is 567. The molecule has 0 fully saturated rings. The van der Waals surface area contributed by atoms with Crippen molar-refractivity contribution in [1.82, 2.24) is 0 Å². The summed E-state index contributed by atoms with van der Waals surface area (Å²) in [7, 11) is 0. The van der Waals surface area contributed by atoms with Crippen molar-refractivity contribution in [2.75, 3.05) is 0 Å². The van der Waals surface area contributed by atoms with Crippen LogP contribution in [0.1, 0.15) is 22.0 Å². The molecule has 2 N–H and O–H groups in total. The highest BCUT2D eigenvalue weighted by molar-refractivity contribution is 6.00. The fraction of sp³-hybridized carbons (Fsp3) is 0.0714. The van der Waals surface area contributed by atoms with Crippen molar-refractivity contribution in [3.8, 4) is 5.75 Å². The maximum atomic E-state index is 12.9. The molecule has 3 nitrogen and oxygen atoms in total. The van der Waals surface area contributed by atoms with Crippen molar-refractivity contribution in [3.63, 3.8) is 0 Å². The van der Waals surface area contributed by atoms with Crippen molar-refractivity contribution in [2.45, 2.75) is 6.10 Å². The van der Waals surface area contributed by atoms with Gasteiger partial charge in [0.2, 0.25) is 0 Å². The van der Waals surface area contributed by atoms with Gasteiger partial charge in [-0.2, -0.15) is 0 Å². The summed E-state index contributed by atoms with van der Waals surface area (Å²) in [6.07, 6.45) is -1.32. The number of aromatic hydroxyl groups is 1. The quantitative estimate of drug-likeness (QED) is 0.818. The van der Waals surface area contributed by atoms with Crippen molar-refractivity contribution >= 4 is 5.78 Å². The highest BCUT2D eigenvalue weighted by Crippen LogP contribution is 2.22. The van der Waals surface area contributed by atoms with Crippen LogP contribution in [-0.2, 0) is 0 Å². The molecule has 0 radical (unpaired) electrons. The molecule has 0 heterocycles. The van der Waals surface area contributed by atoms with E-state index in [1.165, 1.54) is 6.07 Å². The normalized spacial score (nSPS) is 12.1. The van der Waals surface area contributed by atoms with Crippen molar-refractivity contribution < 1.29 is 19.4 Å². The maximum absolute atomic E-state index is 12.9. The fourth-order valence-corrected chi connectivity index (χ4v) is 1.61. The second-order valence-corrected chi connectivity index (χ2v) is 3.84. The number of aliphatic hydroxyl groups excluding tert-OH is 1. The zero-order chi connectivity index (χ0) is 13.1. The van der Waals surface area contributed by atoms with Gasteiger partial charge in [-0.25, -0.2) is 4.39 Å². The number of phenolic OH excluding ortho intramolecular Hbond substituents is 1. The molecule has 1 unspecified atom stereocenters. The molecular formula is C14H11FO3. The lowest BCUT2D eigenvalue weighted by atomic mass is 10.00. The number of Topliss-reactive ketones (excluding diaryl/α,β-unsaturated/α-hetero) is 1. The molecule has 0 aliphatic carbocycles. The summed E-state index contributed by atoms with van der Waals surface area (Å²) >= 11 is 0. The molecular weight excluding hydrogens is 235 g/mol. The van der Waals surface area contributed by atoms with Gasteiger partial charge in [-0.3, -0.25) is 4.79 Å². The number of phenols is 1. The first-order valence-corrected chi connectivity index (χ1v) is 5.35. The van der Waals surface area contributed by atoms with E-state index in [4.69, 9.17) is 0 Å². The molecule has 0 spiro atoms. The standard InChI is InChI=1S/C14H11FO3/c15-11-7-6-10(8-12(11)16)14(18)13(17)9-4-2-1-3-5-9/h1-8,13,16-17H. The predicted molar refractivity (Wildman–Crippen MR) is 63.8 cm³/mol. The minimum Gasteiger partial charge on any atom is -0.505 e. The van der Waals surface area contributed by atoms with E-state index in [0.29, 0.717) is 5.56 Å². The first kappa shape index (κ1) is 12.3. The van der Waals surface area contributed by atoms with Crippen molar-refractivity contribution in [1.29, 1.82) is 0 Å². The summed E-state index contributed by atoms with van der Waals surface area (Å²) in [5.74, 6) is -2.00. The molecule has 0 aromatic heterocycles. The largest absolute Gasteiger partial charge is 0.505 e. The lowest BCUT2D eigenvalue weighted by Gasteiger charge is -2.10. The number of halogens is 1. The van der Waals surface area contributed by atoms with E-state index in [2.05, 4.69) is 0 Å². The molecule has 0 saturated carbocycles. The van der Waals surface area contributed by atoms with Crippen LogP contribution in [0, 0.1) is 5.82 Å². The number of ketones is 1. The van der Waals surface area contributed by atoms with E-state index in [-0.39, 0.29) is 5.56 Å². The molecule has 2 rings (SSSR count). The summed E-state index contributed by atoms with van der Waals surface area (Å²) in [4.78, 5) is 11.9. The minimum atomic E-state index is -1.32. The second-order valence-electron chi connectivity index (χ2n) is 3.84. The molecule has 2 aromatic carbocycles. The van der Waals surface area contributed by atoms with Gasteiger partial charge >= 0.3 is 0 Å². The average Bonchev–Trinajstić information content (AvgIpc) is 2.41. The Kier molecular flexibility index (Phi) is 3.39. The molecule has 0 amide bonds. The Hall–Kier alpha value is -2.20. The Morgan fingerprint density at radius 2 is 1.78 bits per heavy atom. The summed E-state index contributed by atoms with van der Waals surface area (Å²) in [5.41, 5.74) is 0.511. The van der Waals surface area contributed by atoms with E-state index < -0.39 is 23.5 Å². The van der Waals surface area contributed by atoms with Gasteiger partial charge in [0, 0.05) is 5.56 Å². The molecule has 92 valence electrons. The van der Waals surface area contributed by atoms with Gasteiger partial charge in [0.25, 0.3) is 0 Å². The molecule has 0 aliphatic heterocycles. The van der Waals surface area contributed by atoms with Crippen LogP contribution in [0.4, 0.5) is 4.39 Å². The molecule has 1 atom stereocenters. The number of aliphatic hydroxyl groups is 1. The highest BCUT2D eigenvalue weighted by Gasteiger charge is 2.19. The molecule has 0 bridgehead atoms. The summed E-state index contributed by atoms with van der Waals surface area (Å²) in [6.45, 7) is 0.